The molecule has 29 heavy (non-hydrogen) atoms. The van der Waals surface area contributed by atoms with Crippen LogP contribution in [0.4, 0.5) is 5.69 Å². The second-order valence-electron chi connectivity index (χ2n) is 6.20. The Morgan fingerprint density at radius 3 is 2.59 bits per heavy atom. The number of imide groups is 1. The zero-order valence-electron chi connectivity index (χ0n) is 15.3. The minimum Gasteiger partial charge on any atom is -0.480 e. The van der Waals surface area contributed by atoms with Gasteiger partial charge < -0.3 is 5.11 Å². The maximum atomic E-state index is 13.2. The summed E-state index contributed by atoms with van der Waals surface area (Å²) in [6.45, 7) is 1.26. The van der Waals surface area contributed by atoms with Crippen molar-refractivity contribution < 1.29 is 24.3 Å². The van der Waals surface area contributed by atoms with Gasteiger partial charge in [0.05, 0.1) is 16.2 Å². The van der Waals surface area contributed by atoms with E-state index in [0.717, 1.165) is 21.6 Å². The lowest BCUT2D eigenvalue weighted by Crippen LogP contribution is -2.44. The van der Waals surface area contributed by atoms with Crippen LogP contribution in [0.1, 0.15) is 18.9 Å². The van der Waals surface area contributed by atoms with Gasteiger partial charge >= 0.3 is 5.97 Å². The van der Waals surface area contributed by atoms with Gasteiger partial charge in [-0.2, -0.15) is 11.8 Å². The van der Waals surface area contributed by atoms with Gasteiger partial charge in [0, 0.05) is 17.0 Å². The molecular weight excluding hydrogens is 500 g/mol. The third kappa shape index (κ3) is 3.88. The second kappa shape index (κ2) is 8.58. The molecule has 11 heteroatoms. The van der Waals surface area contributed by atoms with Gasteiger partial charge in [0.25, 0.3) is 11.8 Å². The number of carbonyl (C=O) groups excluding carboxylic acids is 3. The molecule has 1 aromatic rings. The summed E-state index contributed by atoms with van der Waals surface area (Å²) in [5.41, 5.74) is 0.865. The number of carboxylic acids is 1. The topological polar surface area (TPSA) is 95.0 Å². The fourth-order valence-corrected chi connectivity index (χ4v) is 5.41. The molecule has 0 spiro atoms. The molecule has 0 radical (unpaired) electrons. The number of fused-ring (bicyclic) bond motifs is 1. The van der Waals surface area contributed by atoms with E-state index in [2.05, 4.69) is 15.9 Å². The fraction of sp³-hybridized carbons (Fsp3) is 0.278. The summed E-state index contributed by atoms with van der Waals surface area (Å²) in [4.78, 5) is 52.1. The van der Waals surface area contributed by atoms with E-state index >= 15 is 0 Å². The molecule has 7 nitrogen and oxygen atoms in total. The molecular formula is C18H15BrN2O5S3. The van der Waals surface area contributed by atoms with Crippen molar-refractivity contribution in [2.45, 2.75) is 19.4 Å². The lowest BCUT2D eigenvalue weighted by molar-refractivity contribution is -0.145. The summed E-state index contributed by atoms with van der Waals surface area (Å²) in [6.07, 6.45) is 2.06. The lowest BCUT2D eigenvalue weighted by Gasteiger charge is -2.22. The van der Waals surface area contributed by atoms with E-state index in [1.165, 1.54) is 18.7 Å². The van der Waals surface area contributed by atoms with Crippen molar-refractivity contribution in [1.82, 2.24) is 4.90 Å². The van der Waals surface area contributed by atoms with Gasteiger partial charge in [0.2, 0.25) is 5.91 Å². The quantitative estimate of drug-likeness (QED) is 0.472. The molecule has 1 atom stereocenters. The van der Waals surface area contributed by atoms with Gasteiger partial charge in [-0.3, -0.25) is 19.3 Å². The van der Waals surface area contributed by atoms with Crippen LogP contribution in [0.3, 0.4) is 0 Å². The Labute approximate surface area is 189 Å². The number of carbonyl (C=O) groups is 4. The van der Waals surface area contributed by atoms with Gasteiger partial charge in [0.15, 0.2) is 0 Å². The van der Waals surface area contributed by atoms with Crippen molar-refractivity contribution in [2.75, 3.05) is 16.9 Å². The number of benzene rings is 1. The number of hydrogen-bond donors (Lipinski definition) is 1. The average Bonchev–Trinajstić information content (AvgIpc) is 3.08. The van der Waals surface area contributed by atoms with E-state index in [1.807, 2.05) is 6.26 Å². The van der Waals surface area contributed by atoms with Crippen molar-refractivity contribution in [3.63, 3.8) is 0 Å². The van der Waals surface area contributed by atoms with Gasteiger partial charge in [-0.1, -0.05) is 39.9 Å². The standard InChI is InChI=1S/C18H15BrN2O5S3/c1-8(22)20-11-4-3-9(19)7-10(11)13(15(20)23)14-16(24)21(18(27)29-14)12(17(25)26)5-6-28-2/h3-4,7,12H,5-6H2,1-2H3,(H,25,26)/b14-13+. The normalized spacial score (nSPS) is 19.8. The molecule has 152 valence electrons. The van der Waals surface area contributed by atoms with Crippen LogP contribution in [0.15, 0.2) is 27.6 Å². The third-order valence-electron chi connectivity index (χ3n) is 4.42. The van der Waals surface area contributed by atoms with Crippen LogP contribution in [-0.4, -0.2) is 56.1 Å². The minimum atomic E-state index is -1.16. The lowest BCUT2D eigenvalue weighted by atomic mass is 10.1. The fourth-order valence-electron chi connectivity index (χ4n) is 3.16. The second-order valence-corrected chi connectivity index (χ2v) is 9.75. The molecule has 1 saturated heterocycles. The highest BCUT2D eigenvalue weighted by Crippen LogP contribution is 2.46. The number of amides is 3. The van der Waals surface area contributed by atoms with Gasteiger partial charge in [-0.15, -0.1) is 0 Å². The van der Waals surface area contributed by atoms with Crippen LogP contribution in [0.25, 0.3) is 5.57 Å². The molecule has 0 bridgehead atoms. The molecule has 1 unspecified atom stereocenters. The molecule has 1 N–H and O–H groups in total. The number of aliphatic carboxylic acids is 1. The molecule has 0 aromatic heterocycles. The Morgan fingerprint density at radius 2 is 2.00 bits per heavy atom. The molecule has 0 aliphatic carbocycles. The molecule has 2 heterocycles. The smallest absolute Gasteiger partial charge is 0.326 e. The summed E-state index contributed by atoms with van der Waals surface area (Å²) in [7, 11) is 0. The molecule has 1 fully saturated rings. The summed E-state index contributed by atoms with van der Waals surface area (Å²) in [6, 6.07) is 3.85. The van der Waals surface area contributed by atoms with Gasteiger partial charge in [-0.05, 0) is 36.6 Å². The zero-order valence-corrected chi connectivity index (χ0v) is 19.3. The Hall–Kier alpha value is -1.69. The van der Waals surface area contributed by atoms with E-state index in [1.54, 1.807) is 18.2 Å². The highest BCUT2D eigenvalue weighted by Gasteiger charge is 2.46. The van der Waals surface area contributed by atoms with Crippen LogP contribution in [-0.2, 0) is 19.2 Å². The Bertz CT molecular complexity index is 994. The zero-order chi connectivity index (χ0) is 21.5. The highest BCUT2D eigenvalue weighted by atomic mass is 79.9. The van der Waals surface area contributed by atoms with Crippen molar-refractivity contribution in [3.8, 4) is 0 Å². The van der Waals surface area contributed by atoms with E-state index in [9.17, 15) is 24.3 Å². The number of carboxylic acid groups (broad SMARTS) is 1. The predicted molar refractivity (Wildman–Crippen MR) is 121 cm³/mol. The van der Waals surface area contributed by atoms with E-state index in [4.69, 9.17) is 12.2 Å². The predicted octanol–water partition coefficient (Wildman–Crippen LogP) is 3.12. The SMILES string of the molecule is CSCCC(C(=O)O)N1C(=O)/C(=C2\C(=O)N(C(C)=O)c3ccc(Br)cc32)SC1=S. The van der Waals surface area contributed by atoms with Crippen molar-refractivity contribution in [1.29, 1.82) is 0 Å². The first-order chi connectivity index (χ1) is 13.7. The molecule has 3 amide bonds. The summed E-state index contributed by atoms with van der Waals surface area (Å²) >= 11 is 11.0. The van der Waals surface area contributed by atoms with Crippen LogP contribution in [0.2, 0.25) is 0 Å². The summed E-state index contributed by atoms with van der Waals surface area (Å²) in [5.74, 6) is -2.36. The van der Waals surface area contributed by atoms with Crippen LogP contribution < -0.4 is 4.90 Å². The average molecular weight is 515 g/mol. The Balaban J connectivity index is 2.12. The monoisotopic (exact) mass is 514 g/mol. The first kappa shape index (κ1) is 22.0. The maximum absolute atomic E-state index is 13.2. The number of anilines is 1. The number of thiocarbonyl (C=S) groups is 1. The number of thioether (sulfide) groups is 2. The van der Waals surface area contributed by atoms with Crippen LogP contribution in [0.5, 0.6) is 0 Å². The van der Waals surface area contributed by atoms with Crippen LogP contribution in [0, 0.1) is 0 Å². The Kier molecular flexibility index (Phi) is 6.51. The first-order valence-corrected chi connectivity index (χ1v) is 11.8. The van der Waals surface area contributed by atoms with Crippen LogP contribution >= 0.6 is 51.7 Å². The van der Waals surface area contributed by atoms with Gasteiger partial charge in [-0.25, -0.2) is 9.69 Å². The van der Waals surface area contributed by atoms with Crippen molar-refractivity contribution in [2.24, 2.45) is 0 Å². The molecule has 0 saturated carbocycles. The first-order valence-electron chi connectivity index (χ1n) is 8.35. The largest absolute Gasteiger partial charge is 0.480 e. The maximum Gasteiger partial charge on any atom is 0.326 e. The molecule has 1 aromatic carbocycles. The minimum absolute atomic E-state index is 0.0403. The van der Waals surface area contributed by atoms with Crippen molar-refractivity contribution >= 4 is 90.9 Å². The van der Waals surface area contributed by atoms with Gasteiger partial charge in [0.1, 0.15) is 10.4 Å². The van der Waals surface area contributed by atoms with E-state index in [0.29, 0.717) is 21.5 Å². The molecule has 2 aliphatic heterocycles. The van der Waals surface area contributed by atoms with Crippen molar-refractivity contribution in [3.05, 3.63) is 33.1 Å². The van der Waals surface area contributed by atoms with E-state index in [-0.39, 0.29) is 21.2 Å². The number of rotatable bonds is 5. The number of hydrogen-bond acceptors (Lipinski definition) is 7. The molecule has 2 aliphatic rings. The highest BCUT2D eigenvalue weighted by molar-refractivity contribution is 9.10. The summed E-state index contributed by atoms with van der Waals surface area (Å²) in [5, 5.41) is 9.59. The third-order valence-corrected chi connectivity index (χ3v) is 6.96. The van der Waals surface area contributed by atoms with E-state index < -0.39 is 29.7 Å². The molecule has 3 rings (SSSR count). The number of nitrogens with zero attached hydrogens (tertiary/aromatic N) is 2. The summed E-state index contributed by atoms with van der Waals surface area (Å²) < 4.78 is 0.752. The Morgan fingerprint density at radius 1 is 1.31 bits per heavy atom. The number of halogens is 1.